The number of aliphatic hydroxyl groups excluding tert-OH is 5. The highest BCUT2D eigenvalue weighted by atomic mass is 16.4. The lowest BCUT2D eigenvalue weighted by Crippen LogP contribution is -2.57. The minimum absolute atomic E-state index is 0.1000. The van der Waals surface area contributed by atoms with Crippen LogP contribution in [0.5, 0.6) is 0 Å². The van der Waals surface area contributed by atoms with Crippen LogP contribution >= 0.6 is 0 Å². The molecule has 0 radical (unpaired) electrons. The maximum atomic E-state index is 12.1. The summed E-state index contributed by atoms with van der Waals surface area (Å²) in [6.07, 6.45) is -0.988. The fraction of sp³-hybridized carbons (Fsp3) is 0.895. The Morgan fingerprint density at radius 3 is 1.21 bits per heavy atom. The summed E-state index contributed by atoms with van der Waals surface area (Å²) in [6, 6.07) is -0.200. The van der Waals surface area contributed by atoms with Gasteiger partial charge in [0.15, 0.2) is 12.2 Å². The number of amides is 2. The molecule has 0 aromatic rings. The molecule has 0 saturated heterocycles. The van der Waals surface area contributed by atoms with Gasteiger partial charge in [-0.1, -0.05) is 38.5 Å². The van der Waals surface area contributed by atoms with E-state index in [1.165, 1.54) is 0 Å². The first-order chi connectivity index (χ1) is 13.3. The monoisotopic (exact) mass is 402 g/mol. The molecule has 9 heteroatoms. The molecule has 2 aliphatic carbocycles. The molecule has 2 unspecified atom stereocenters. The molecule has 2 aliphatic rings. The van der Waals surface area contributed by atoms with E-state index in [0.29, 0.717) is 0 Å². The van der Waals surface area contributed by atoms with Crippen molar-refractivity contribution in [2.75, 3.05) is 0 Å². The van der Waals surface area contributed by atoms with Gasteiger partial charge >= 0.3 is 0 Å². The fourth-order valence-corrected chi connectivity index (χ4v) is 3.95. The number of carbonyl (C=O) groups excluding carboxylic acids is 2. The van der Waals surface area contributed by atoms with Gasteiger partial charge in [0.1, 0.15) is 18.3 Å². The Kier molecular flexibility index (Phi) is 9.10. The maximum Gasteiger partial charge on any atom is 0.251 e. The summed E-state index contributed by atoms with van der Waals surface area (Å²) in [5.41, 5.74) is 0. The van der Waals surface area contributed by atoms with E-state index in [2.05, 4.69) is 10.6 Å². The van der Waals surface area contributed by atoms with Crippen molar-refractivity contribution in [3.8, 4) is 0 Å². The second-order valence-corrected chi connectivity index (χ2v) is 8.05. The van der Waals surface area contributed by atoms with Gasteiger partial charge in [0.25, 0.3) is 11.8 Å². The van der Waals surface area contributed by atoms with E-state index in [-0.39, 0.29) is 12.1 Å². The van der Waals surface area contributed by atoms with Gasteiger partial charge < -0.3 is 36.2 Å². The number of carbonyl (C=O) groups is 2. The highest BCUT2D eigenvalue weighted by Gasteiger charge is 2.40. The largest absolute Gasteiger partial charge is 0.387 e. The molecule has 2 saturated carbocycles. The molecular weight excluding hydrogens is 368 g/mol. The van der Waals surface area contributed by atoms with Gasteiger partial charge in [0.05, 0.1) is 0 Å². The summed E-state index contributed by atoms with van der Waals surface area (Å²) >= 11 is 0. The molecule has 5 atom stereocenters. The van der Waals surface area contributed by atoms with Gasteiger partial charge in [0, 0.05) is 12.1 Å². The van der Waals surface area contributed by atoms with Crippen molar-refractivity contribution in [1.82, 2.24) is 10.6 Å². The van der Waals surface area contributed by atoms with E-state index in [1.54, 1.807) is 0 Å². The van der Waals surface area contributed by atoms with Crippen molar-refractivity contribution < 1.29 is 35.1 Å². The molecule has 28 heavy (non-hydrogen) atoms. The van der Waals surface area contributed by atoms with Gasteiger partial charge in [-0.3, -0.25) is 9.59 Å². The van der Waals surface area contributed by atoms with Crippen LogP contribution in [0.2, 0.25) is 0 Å². The summed E-state index contributed by atoms with van der Waals surface area (Å²) in [4.78, 5) is 24.2. The van der Waals surface area contributed by atoms with Gasteiger partial charge in [-0.2, -0.15) is 0 Å². The van der Waals surface area contributed by atoms with Crippen molar-refractivity contribution >= 4 is 11.8 Å². The van der Waals surface area contributed by atoms with Gasteiger partial charge in [-0.05, 0) is 25.7 Å². The third-order valence-corrected chi connectivity index (χ3v) is 5.79. The summed E-state index contributed by atoms with van der Waals surface area (Å²) in [6.45, 7) is 0. The Morgan fingerprint density at radius 1 is 0.571 bits per heavy atom. The zero-order chi connectivity index (χ0) is 20.7. The van der Waals surface area contributed by atoms with Crippen molar-refractivity contribution in [3.63, 3.8) is 0 Å². The summed E-state index contributed by atoms with van der Waals surface area (Å²) in [5.74, 6) is -1.71. The van der Waals surface area contributed by atoms with Gasteiger partial charge in [-0.15, -0.1) is 0 Å². The van der Waals surface area contributed by atoms with E-state index < -0.39 is 42.3 Å². The quantitative estimate of drug-likeness (QED) is 0.265. The topological polar surface area (TPSA) is 159 Å². The standard InChI is InChI=1S/C19H34N2O7/c22-13(14(23)16(25)18(27)20-11-7-3-1-4-8-11)15(24)17(26)19(28)21-12-9-5-2-6-10-12/h11-17,22-26H,1-10H2,(H,20,27)(H,21,28)/t13?,14-,15-,16+,17?/m0/s1. The SMILES string of the molecule is O=C(NC1CCCCC1)C(O)[C@@H](O)C(O)[C@H](O)[C@@H](O)C(=O)NC1CCCCC1. The normalized spacial score (nSPS) is 24.6. The average Bonchev–Trinajstić information content (AvgIpc) is 2.72. The Labute approximate surface area is 165 Å². The zero-order valence-corrected chi connectivity index (χ0v) is 16.2. The van der Waals surface area contributed by atoms with Crippen LogP contribution in [-0.4, -0.2) is 80.0 Å². The summed E-state index contributed by atoms with van der Waals surface area (Å²) < 4.78 is 0. The fourth-order valence-electron chi connectivity index (χ4n) is 3.95. The van der Waals surface area contributed by atoms with E-state index >= 15 is 0 Å². The molecule has 0 spiro atoms. The number of hydrogen-bond donors (Lipinski definition) is 7. The lowest BCUT2D eigenvalue weighted by atomic mass is 9.93. The molecule has 0 aromatic carbocycles. The molecule has 0 heterocycles. The van der Waals surface area contributed by atoms with Crippen LogP contribution in [0.1, 0.15) is 64.2 Å². The van der Waals surface area contributed by atoms with E-state index in [1.807, 2.05) is 0 Å². The van der Waals surface area contributed by atoms with Crippen LogP contribution in [0, 0.1) is 0 Å². The van der Waals surface area contributed by atoms with Crippen LogP contribution in [0.25, 0.3) is 0 Å². The van der Waals surface area contributed by atoms with Crippen LogP contribution < -0.4 is 10.6 Å². The molecule has 2 fully saturated rings. The molecule has 2 rings (SSSR count). The van der Waals surface area contributed by atoms with E-state index in [0.717, 1.165) is 64.2 Å². The minimum atomic E-state index is -2.07. The predicted octanol–water partition coefficient (Wildman–Crippen LogP) is -1.31. The second-order valence-electron chi connectivity index (χ2n) is 8.05. The predicted molar refractivity (Wildman–Crippen MR) is 100 cm³/mol. The van der Waals surface area contributed by atoms with Gasteiger partial charge in [-0.25, -0.2) is 0 Å². The smallest absolute Gasteiger partial charge is 0.251 e. The number of aliphatic hydroxyl groups is 5. The Morgan fingerprint density at radius 2 is 0.893 bits per heavy atom. The molecule has 0 aliphatic heterocycles. The third kappa shape index (κ3) is 6.38. The maximum absolute atomic E-state index is 12.1. The Balaban J connectivity index is 1.83. The third-order valence-electron chi connectivity index (χ3n) is 5.79. The highest BCUT2D eigenvalue weighted by molar-refractivity contribution is 5.82. The summed E-state index contributed by atoms with van der Waals surface area (Å²) in [5, 5.41) is 55.4. The average molecular weight is 402 g/mol. The minimum Gasteiger partial charge on any atom is -0.387 e. The molecular formula is C19H34N2O7. The van der Waals surface area contributed by atoms with Crippen molar-refractivity contribution in [3.05, 3.63) is 0 Å². The van der Waals surface area contributed by atoms with Crippen LogP contribution in [0.3, 0.4) is 0 Å². The van der Waals surface area contributed by atoms with Gasteiger partial charge in [0.2, 0.25) is 0 Å². The number of rotatable bonds is 8. The van der Waals surface area contributed by atoms with Crippen LogP contribution in [0.4, 0.5) is 0 Å². The number of hydrogen-bond acceptors (Lipinski definition) is 7. The summed E-state index contributed by atoms with van der Waals surface area (Å²) in [7, 11) is 0. The van der Waals surface area contributed by atoms with Crippen molar-refractivity contribution in [2.45, 2.75) is 107 Å². The first-order valence-corrected chi connectivity index (χ1v) is 10.3. The zero-order valence-electron chi connectivity index (χ0n) is 16.2. The van der Waals surface area contributed by atoms with E-state index in [4.69, 9.17) is 0 Å². The lowest BCUT2D eigenvalue weighted by Gasteiger charge is -2.30. The Hall–Kier alpha value is -1.26. The molecule has 9 nitrogen and oxygen atoms in total. The molecule has 2 amide bonds. The van der Waals surface area contributed by atoms with E-state index in [9.17, 15) is 35.1 Å². The second kappa shape index (κ2) is 11.1. The lowest BCUT2D eigenvalue weighted by molar-refractivity contribution is -0.161. The van der Waals surface area contributed by atoms with Crippen LogP contribution in [0.15, 0.2) is 0 Å². The Bertz CT molecular complexity index is 463. The molecule has 0 bridgehead atoms. The number of nitrogens with one attached hydrogen (secondary N) is 2. The molecule has 7 N–H and O–H groups in total. The molecule has 162 valence electrons. The first kappa shape index (κ1) is 23.0. The van der Waals surface area contributed by atoms with Crippen molar-refractivity contribution in [2.24, 2.45) is 0 Å². The first-order valence-electron chi connectivity index (χ1n) is 10.3. The highest BCUT2D eigenvalue weighted by Crippen LogP contribution is 2.19. The van der Waals surface area contributed by atoms with Crippen molar-refractivity contribution in [1.29, 1.82) is 0 Å². The van der Waals surface area contributed by atoms with Crippen LogP contribution in [-0.2, 0) is 9.59 Å². The molecule has 0 aromatic heterocycles.